The summed E-state index contributed by atoms with van der Waals surface area (Å²) < 4.78 is 59.6. The molecule has 0 aromatic carbocycles. The van der Waals surface area contributed by atoms with Crippen molar-refractivity contribution in [1.29, 1.82) is 0 Å². The van der Waals surface area contributed by atoms with Crippen LogP contribution in [0.2, 0.25) is 0 Å². The van der Waals surface area contributed by atoms with Gasteiger partial charge >= 0.3 is 137 Å². The molecule has 0 bridgehead atoms. The minimum atomic E-state index is -4.78. The fourth-order valence-electron chi connectivity index (χ4n) is 0. The Morgan fingerprint density at radius 3 is 1.14 bits per heavy atom. The van der Waals surface area contributed by atoms with E-state index >= 15 is 0 Å². The molecule has 0 aliphatic rings. The average Bonchev–Trinajstić information content (AvgIpc) is 2.40. The summed E-state index contributed by atoms with van der Waals surface area (Å²) in [5.41, 5.74) is 0. The Morgan fingerprint density at radius 2 is 1.14 bits per heavy atom. The van der Waals surface area contributed by atoms with E-state index in [4.69, 9.17) is 25.9 Å². The van der Waals surface area contributed by atoms with Crippen molar-refractivity contribution < 1.29 is 82.7 Å². The van der Waals surface area contributed by atoms with E-state index in [1.807, 2.05) is 15.9 Å². The number of hydrogen-bond donors (Lipinski definition) is 2. The SMILES string of the molecule is C.C.O.O.O=[P+]([O-])P(=O)(O)O.[Al].[O]=[Al].[O]=[Ca].[O]=[Fe].[O]=[Mg].[O]=[Mn]. The van der Waals surface area contributed by atoms with Crippen LogP contribution in [-0.4, -0.2) is 112 Å². The van der Waals surface area contributed by atoms with Gasteiger partial charge in [0, 0.05) is 17.4 Å². The zero-order valence-electron chi connectivity index (χ0n) is 9.36. The Kier molecular flexibility index (Phi) is 290. The molecule has 0 fully saturated rings. The zero-order chi connectivity index (χ0) is 16.1. The number of rotatable bonds is 1. The molecule has 0 rings (SSSR count). The van der Waals surface area contributed by atoms with Crippen LogP contribution in [0.15, 0.2) is 0 Å². The van der Waals surface area contributed by atoms with E-state index < -0.39 is 15.0 Å². The fraction of sp³-hybridized carbons (Fsp3) is 1.00. The van der Waals surface area contributed by atoms with Gasteiger partial charge in [-0.2, -0.15) is 0 Å². The molecule has 129 valence electrons. The van der Waals surface area contributed by atoms with Crippen LogP contribution in [0.3, 0.4) is 0 Å². The molecule has 0 aromatic rings. The first-order valence-electron chi connectivity index (χ1n) is 2.26. The molecular weight excluding hydrogens is 507 g/mol. The quantitative estimate of drug-likeness (QED) is 0.257. The molecule has 0 aromatic heterocycles. The Labute approximate surface area is 200 Å². The Balaban J connectivity index is -0.00000000794. The van der Waals surface area contributed by atoms with Crippen LogP contribution in [0.5, 0.6) is 0 Å². The van der Waals surface area contributed by atoms with Crippen molar-refractivity contribution in [3.05, 3.63) is 0 Å². The van der Waals surface area contributed by atoms with Gasteiger partial charge in [-0.1, -0.05) is 19.4 Å². The maximum atomic E-state index is 9.43. The van der Waals surface area contributed by atoms with Crippen LogP contribution < -0.4 is 4.89 Å². The third kappa shape index (κ3) is 134. The predicted molar refractivity (Wildman–Crippen MR) is 66.8 cm³/mol. The second-order valence-corrected chi connectivity index (χ2v) is 4.80. The van der Waals surface area contributed by atoms with E-state index in [1.165, 1.54) is 16.2 Å². The molecule has 0 amide bonds. The maximum absolute atomic E-state index is 9.43. The van der Waals surface area contributed by atoms with Crippen LogP contribution in [0.1, 0.15) is 14.9 Å². The van der Waals surface area contributed by atoms with E-state index in [9.17, 15) is 14.0 Å². The van der Waals surface area contributed by atoms with Gasteiger partial charge in [0.2, 0.25) is 0 Å². The molecule has 6 N–H and O–H groups in total. The van der Waals surface area contributed by atoms with Gasteiger partial charge in [0.25, 0.3) is 0 Å². The van der Waals surface area contributed by atoms with Gasteiger partial charge in [0.05, 0.1) is 0 Å². The van der Waals surface area contributed by atoms with Crippen molar-refractivity contribution >= 4 is 106 Å². The van der Waals surface area contributed by atoms with E-state index in [0.29, 0.717) is 21.7 Å². The van der Waals surface area contributed by atoms with Gasteiger partial charge in [-0.15, -0.1) is 0 Å². The monoisotopic (exact) mass is 521 g/mol. The van der Waals surface area contributed by atoms with Gasteiger partial charge < -0.3 is 15.8 Å². The van der Waals surface area contributed by atoms with Crippen molar-refractivity contribution in [2.45, 2.75) is 14.9 Å². The molecule has 0 heterocycles. The average molecular weight is 521 g/mol. The van der Waals surface area contributed by atoms with Gasteiger partial charge in [0.15, 0.2) is 0 Å². The second kappa shape index (κ2) is 87.3. The summed E-state index contributed by atoms with van der Waals surface area (Å²) in [6, 6.07) is 0. The van der Waals surface area contributed by atoms with Crippen LogP contribution in [0.25, 0.3) is 0 Å². The van der Waals surface area contributed by atoms with Crippen molar-refractivity contribution in [2.24, 2.45) is 0 Å². The van der Waals surface area contributed by atoms with Crippen LogP contribution in [0, 0.1) is 0 Å². The molecule has 1 atom stereocenters. The van der Waals surface area contributed by atoms with Gasteiger partial charge in [-0.25, -0.2) is 4.57 Å². The minimum absolute atomic E-state index is 0. The predicted octanol–water partition coefficient (Wildman–Crippen LogP) is -3.32. The summed E-state index contributed by atoms with van der Waals surface area (Å²) in [6.45, 7) is 0. The standard InChI is InChI=1S/2CH4.2Al.Ca.Fe.Mg.Mn.H2O5P2.2H2O.5O/c;;;;;;;;1-6(2)7(3,4)5;;;;;;;/h2*1H4;;;;;;;(H2,3,4,5);2*1H2;;;;;. The Morgan fingerprint density at radius 1 is 1.09 bits per heavy atom. The summed E-state index contributed by atoms with van der Waals surface area (Å²) >= 11 is 5.59. The first-order valence-corrected chi connectivity index (χ1v) is 8.64. The third-order valence-electron chi connectivity index (χ3n) is 0.213. The van der Waals surface area contributed by atoms with Gasteiger partial charge in [-0.3, -0.25) is 9.79 Å². The fourth-order valence-corrected chi connectivity index (χ4v) is 0. The van der Waals surface area contributed by atoms with Crippen molar-refractivity contribution in [1.82, 2.24) is 0 Å². The molecule has 22 heavy (non-hydrogen) atoms. The second-order valence-electron chi connectivity index (χ2n) is 0.751. The van der Waals surface area contributed by atoms with Crippen molar-refractivity contribution in [3.8, 4) is 0 Å². The molecule has 0 saturated heterocycles. The Hall–Kier alpha value is 3.26. The summed E-state index contributed by atoms with van der Waals surface area (Å²) in [5.74, 6) is 0. The van der Waals surface area contributed by atoms with Crippen LogP contribution in [0.4, 0.5) is 0 Å². The molecule has 4 radical (unpaired) electrons. The molecule has 20 heteroatoms. The first kappa shape index (κ1) is 73.1. The van der Waals surface area contributed by atoms with Gasteiger partial charge in [-0.05, 0) is 0 Å². The van der Waals surface area contributed by atoms with Crippen LogP contribution >= 0.6 is 15.0 Å². The third-order valence-corrected chi connectivity index (χ3v) is 1.91. The molecule has 0 spiro atoms. The molecular formula is C2H14Al2CaFeMgMnO12P2. The topological polar surface area (TPSA) is 246 Å². The Bertz CT molecular complexity index is 206. The molecule has 0 aliphatic heterocycles. The van der Waals surface area contributed by atoms with E-state index in [2.05, 4.69) is 0 Å². The van der Waals surface area contributed by atoms with Gasteiger partial charge in [0.1, 0.15) is 0 Å². The van der Waals surface area contributed by atoms with Crippen LogP contribution in [-0.2, 0) is 57.1 Å². The summed E-state index contributed by atoms with van der Waals surface area (Å²) in [4.78, 5) is 24.5. The molecule has 0 saturated carbocycles. The first-order chi connectivity index (χ1) is 7.94. The molecule has 1 unspecified atom stereocenters. The molecule has 0 aliphatic carbocycles. The summed E-state index contributed by atoms with van der Waals surface area (Å²) in [7, 11) is -8.36. The summed E-state index contributed by atoms with van der Waals surface area (Å²) in [6.07, 6.45) is 0. The molecule has 12 nitrogen and oxygen atoms in total. The summed E-state index contributed by atoms with van der Waals surface area (Å²) in [5, 5.41) is 0. The van der Waals surface area contributed by atoms with Crippen molar-refractivity contribution in [2.75, 3.05) is 0 Å². The number of hydrogen-bond acceptors (Lipinski definition) is 8. The van der Waals surface area contributed by atoms with E-state index in [-0.39, 0.29) is 79.0 Å². The zero-order valence-corrected chi connectivity index (χ0v) is 19.4. The van der Waals surface area contributed by atoms with Crippen molar-refractivity contribution in [3.63, 3.8) is 0 Å². The normalized spacial score (nSPS) is 5.50. The van der Waals surface area contributed by atoms with E-state index in [1.54, 1.807) is 15.9 Å². The van der Waals surface area contributed by atoms with E-state index in [0.717, 1.165) is 0 Å².